The number of ether oxygens (including phenoxy) is 1. The first kappa shape index (κ1) is 10.4. The first-order valence-corrected chi connectivity index (χ1v) is 6.04. The highest BCUT2D eigenvalue weighted by Crippen LogP contribution is 2.30. The van der Waals surface area contributed by atoms with E-state index in [0.717, 1.165) is 25.0 Å². The minimum atomic E-state index is 0.426. The number of rotatable bonds is 1. The lowest BCUT2D eigenvalue weighted by Gasteiger charge is -2.39. The third-order valence-corrected chi connectivity index (χ3v) is 3.63. The van der Waals surface area contributed by atoms with Crippen LogP contribution in [0.1, 0.15) is 40.0 Å². The lowest BCUT2D eigenvalue weighted by Crippen LogP contribution is -2.49. The van der Waals surface area contributed by atoms with Gasteiger partial charge in [-0.25, -0.2) is 0 Å². The molecular formula is C12H23NO. The molecule has 1 heterocycles. The van der Waals surface area contributed by atoms with Crippen LogP contribution in [0, 0.1) is 5.92 Å². The molecule has 14 heavy (non-hydrogen) atoms. The number of morpholine rings is 1. The highest BCUT2D eigenvalue weighted by atomic mass is 16.5. The molecule has 82 valence electrons. The minimum absolute atomic E-state index is 0.426. The molecule has 0 aromatic rings. The summed E-state index contributed by atoms with van der Waals surface area (Å²) in [5.41, 5.74) is 0. The van der Waals surface area contributed by atoms with Crippen molar-refractivity contribution in [3.8, 4) is 0 Å². The summed E-state index contributed by atoms with van der Waals surface area (Å²) in [4.78, 5) is 2.66. The van der Waals surface area contributed by atoms with Crippen molar-refractivity contribution in [2.75, 3.05) is 13.1 Å². The summed E-state index contributed by atoms with van der Waals surface area (Å²) in [5.74, 6) is 0.938. The highest BCUT2D eigenvalue weighted by Gasteiger charge is 2.31. The zero-order chi connectivity index (χ0) is 10.1. The topological polar surface area (TPSA) is 12.5 Å². The van der Waals surface area contributed by atoms with E-state index >= 15 is 0 Å². The summed E-state index contributed by atoms with van der Waals surface area (Å²) in [6, 6.07) is 0.846. The molecule has 1 aliphatic heterocycles. The molecule has 4 atom stereocenters. The van der Waals surface area contributed by atoms with Crippen molar-refractivity contribution in [3.63, 3.8) is 0 Å². The van der Waals surface area contributed by atoms with Crippen LogP contribution in [-0.2, 0) is 4.74 Å². The fourth-order valence-electron chi connectivity index (χ4n) is 3.02. The molecule has 0 unspecified atom stereocenters. The zero-order valence-corrected chi connectivity index (χ0v) is 9.70. The second kappa shape index (κ2) is 4.19. The van der Waals surface area contributed by atoms with Crippen LogP contribution in [0.4, 0.5) is 0 Å². The Morgan fingerprint density at radius 1 is 1.00 bits per heavy atom. The quantitative estimate of drug-likeness (QED) is 0.639. The van der Waals surface area contributed by atoms with E-state index in [1.165, 1.54) is 19.3 Å². The van der Waals surface area contributed by atoms with Gasteiger partial charge in [-0.15, -0.1) is 0 Å². The molecule has 0 amide bonds. The molecule has 2 nitrogen and oxygen atoms in total. The summed E-state index contributed by atoms with van der Waals surface area (Å²) >= 11 is 0. The van der Waals surface area contributed by atoms with Crippen LogP contribution < -0.4 is 0 Å². The molecule has 0 aromatic carbocycles. The van der Waals surface area contributed by atoms with Crippen molar-refractivity contribution < 1.29 is 4.74 Å². The number of nitrogens with zero attached hydrogens (tertiary/aromatic N) is 1. The lowest BCUT2D eigenvalue weighted by atomic mass is 10.1. The Kier molecular flexibility index (Phi) is 3.13. The predicted molar refractivity (Wildman–Crippen MR) is 58.4 cm³/mol. The van der Waals surface area contributed by atoms with Gasteiger partial charge >= 0.3 is 0 Å². The van der Waals surface area contributed by atoms with Crippen LogP contribution in [0.5, 0.6) is 0 Å². The van der Waals surface area contributed by atoms with Gasteiger partial charge in [0.1, 0.15) is 0 Å². The van der Waals surface area contributed by atoms with E-state index in [-0.39, 0.29) is 0 Å². The molecule has 0 N–H and O–H groups in total. The second-order valence-electron chi connectivity index (χ2n) is 5.28. The first-order valence-electron chi connectivity index (χ1n) is 6.04. The summed E-state index contributed by atoms with van der Waals surface area (Å²) in [7, 11) is 0. The minimum Gasteiger partial charge on any atom is -0.373 e. The van der Waals surface area contributed by atoms with E-state index in [2.05, 4.69) is 25.7 Å². The number of hydrogen-bond donors (Lipinski definition) is 0. The molecular weight excluding hydrogens is 174 g/mol. The van der Waals surface area contributed by atoms with Crippen molar-refractivity contribution in [2.45, 2.75) is 58.3 Å². The van der Waals surface area contributed by atoms with Gasteiger partial charge < -0.3 is 4.74 Å². The third kappa shape index (κ3) is 2.29. The highest BCUT2D eigenvalue weighted by molar-refractivity contribution is 4.85. The summed E-state index contributed by atoms with van der Waals surface area (Å²) in [6.45, 7) is 9.05. The normalized spacial score (nSPS) is 45.6. The maximum Gasteiger partial charge on any atom is 0.0678 e. The van der Waals surface area contributed by atoms with Crippen LogP contribution in [0.15, 0.2) is 0 Å². The number of hydrogen-bond acceptors (Lipinski definition) is 2. The van der Waals surface area contributed by atoms with Gasteiger partial charge in [-0.1, -0.05) is 6.92 Å². The molecule has 1 saturated carbocycles. The van der Waals surface area contributed by atoms with Gasteiger partial charge in [0.2, 0.25) is 0 Å². The summed E-state index contributed by atoms with van der Waals surface area (Å²) < 4.78 is 5.76. The van der Waals surface area contributed by atoms with Crippen LogP contribution in [0.25, 0.3) is 0 Å². The first-order chi connectivity index (χ1) is 6.65. The molecule has 0 bridgehead atoms. The molecule has 0 aromatic heterocycles. The van der Waals surface area contributed by atoms with Gasteiger partial charge in [-0.2, -0.15) is 0 Å². The van der Waals surface area contributed by atoms with Gasteiger partial charge in [0.05, 0.1) is 12.2 Å². The predicted octanol–water partition coefficient (Wildman–Crippen LogP) is 2.28. The Labute approximate surface area is 87.6 Å². The fraction of sp³-hybridized carbons (Fsp3) is 1.00. The van der Waals surface area contributed by atoms with Crippen LogP contribution in [-0.4, -0.2) is 36.2 Å². The molecule has 0 radical (unpaired) electrons. The SMILES string of the molecule is C[C@@H]1CC[C@@H](N2C[C@@H](C)O[C@@H](C)C2)C1. The Balaban J connectivity index is 1.90. The van der Waals surface area contributed by atoms with E-state index < -0.39 is 0 Å². The monoisotopic (exact) mass is 197 g/mol. The van der Waals surface area contributed by atoms with E-state index in [0.29, 0.717) is 12.2 Å². The van der Waals surface area contributed by atoms with E-state index in [4.69, 9.17) is 4.74 Å². The van der Waals surface area contributed by atoms with Gasteiger partial charge in [-0.05, 0) is 39.0 Å². The maximum atomic E-state index is 5.76. The van der Waals surface area contributed by atoms with Crippen molar-refractivity contribution in [1.29, 1.82) is 0 Å². The largest absolute Gasteiger partial charge is 0.373 e. The van der Waals surface area contributed by atoms with Crippen molar-refractivity contribution in [3.05, 3.63) is 0 Å². The van der Waals surface area contributed by atoms with Crippen molar-refractivity contribution >= 4 is 0 Å². The third-order valence-electron chi connectivity index (χ3n) is 3.63. The van der Waals surface area contributed by atoms with E-state index in [1.54, 1.807) is 0 Å². The van der Waals surface area contributed by atoms with Gasteiger partial charge in [0.15, 0.2) is 0 Å². The van der Waals surface area contributed by atoms with Gasteiger partial charge in [-0.3, -0.25) is 4.90 Å². The zero-order valence-electron chi connectivity index (χ0n) is 9.70. The Morgan fingerprint density at radius 2 is 1.64 bits per heavy atom. The van der Waals surface area contributed by atoms with Crippen molar-refractivity contribution in [1.82, 2.24) is 4.90 Å². The molecule has 1 aliphatic carbocycles. The summed E-state index contributed by atoms with van der Waals surface area (Å²) in [6.07, 6.45) is 5.08. The Hall–Kier alpha value is -0.0800. The molecule has 2 fully saturated rings. The average Bonchev–Trinajstić information content (AvgIpc) is 2.50. The van der Waals surface area contributed by atoms with Crippen LogP contribution >= 0.6 is 0 Å². The Morgan fingerprint density at radius 3 is 2.14 bits per heavy atom. The maximum absolute atomic E-state index is 5.76. The van der Waals surface area contributed by atoms with E-state index in [9.17, 15) is 0 Å². The van der Waals surface area contributed by atoms with E-state index in [1.807, 2.05) is 0 Å². The van der Waals surface area contributed by atoms with Gasteiger partial charge in [0, 0.05) is 19.1 Å². The standard InChI is InChI=1S/C12H23NO/c1-9-4-5-12(6-9)13-7-10(2)14-11(3)8-13/h9-12H,4-8H2,1-3H3/t9-,10-,11+,12-/m1/s1. The smallest absolute Gasteiger partial charge is 0.0678 e. The molecule has 0 spiro atoms. The van der Waals surface area contributed by atoms with Crippen molar-refractivity contribution in [2.24, 2.45) is 5.92 Å². The summed E-state index contributed by atoms with van der Waals surface area (Å²) in [5, 5.41) is 0. The fourth-order valence-corrected chi connectivity index (χ4v) is 3.02. The van der Waals surface area contributed by atoms with Gasteiger partial charge in [0.25, 0.3) is 0 Å². The molecule has 2 rings (SSSR count). The molecule has 1 saturated heterocycles. The van der Waals surface area contributed by atoms with Crippen LogP contribution in [0.3, 0.4) is 0 Å². The second-order valence-corrected chi connectivity index (χ2v) is 5.28. The molecule has 2 aliphatic rings. The van der Waals surface area contributed by atoms with Crippen LogP contribution in [0.2, 0.25) is 0 Å². The molecule has 2 heteroatoms. The lowest BCUT2D eigenvalue weighted by molar-refractivity contribution is -0.0798. The average molecular weight is 197 g/mol. The Bertz CT molecular complexity index is 185.